The molecule has 0 aliphatic carbocycles. The average molecular weight is 420 g/mol. The van der Waals surface area contributed by atoms with Crippen molar-refractivity contribution in [3.8, 4) is 0 Å². The Morgan fingerprint density at radius 2 is 1.57 bits per heavy atom. The lowest BCUT2D eigenvalue weighted by molar-refractivity contribution is 0.602. The predicted octanol–water partition coefficient (Wildman–Crippen LogP) is 3.04. The number of hydrogen-bond acceptors (Lipinski definition) is 4. The second-order valence-corrected chi connectivity index (χ2v) is 9.75. The van der Waals surface area contributed by atoms with E-state index in [1.54, 1.807) is 19.2 Å². The molecule has 2 N–H and O–H groups in total. The molecule has 0 saturated heterocycles. The van der Waals surface area contributed by atoms with Gasteiger partial charge in [0.2, 0.25) is 0 Å². The van der Waals surface area contributed by atoms with Crippen LogP contribution in [0.15, 0.2) is 58.4 Å². The van der Waals surface area contributed by atoms with Gasteiger partial charge in [-0.25, -0.2) is 8.42 Å². The van der Waals surface area contributed by atoms with E-state index in [2.05, 4.69) is 46.8 Å². The van der Waals surface area contributed by atoms with E-state index in [0.29, 0.717) is 4.90 Å². The largest absolute Gasteiger partial charge is 0.356 e. The van der Waals surface area contributed by atoms with Crippen LogP contribution in [0.5, 0.6) is 0 Å². The van der Waals surface area contributed by atoms with Crippen molar-refractivity contribution in [1.29, 1.82) is 0 Å². The average Bonchev–Trinajstić information content (AvgIpc) is 2.67. The lowest BCUT2D eigenvalue weighted by Gasteiger charge is -2.12. The Hall–Kier alpha value is -1.99. The van der Waals surface area contributed by atoms with E-state index >= 15 is 0 Å². The number of guanidine groups is 1. The molecule has 0 atom stereocenters. The van der Waals surface area contributed by atoms with Crippen LogP contribution in [0.2, 0.25) is 0 Å². The van der Waals surface area contributed by atoms with Crippen molar-refractivity contribution in [3.05, 3.63) is 65.2 Å². The zero-order valence-electron chi connectivity index (χ0n) is 16.7. The smallest absolute Gasteiger partial charge is 0.191 e. The third kappa shape index (κ3) is 7.94. The van der Waals surface area contributed by atoms with Crippen LogP contribution < -0.4 is 10.6 Å². The van der Waals surface area contributed by atoms with Crippen LogP contribution in [0.4, 0.5) is 0 Å². The van der Waals surface area contributed by atoms with Gasteiger partial charge in [-0.2, -0.15) is 11.8 Å². The Morgan fingerprint density at radius 3 is 2.18 bits per heavy atom. The molecule has 28 heavy (non-hydrogen) atoms. The second-order valence-electron chi connectivity index (χ2n) is 6.63. The highest BCUT2D eigenvalue weighted by Gasteiger charge is 2.06. The topological polar surface area (TPSA) is 70.6 Å². The van der Waals surface area contributed by atoms with E-state index in [-0.39, 0.29) is 0 Å². The van der Waals surface area contributed by atoms with Gasteiger partial charge in [-0.3, -0.25) is 4.99 Å². The quantitative estimate of drug-likeness (QED) is 0.371. The summed E-state index contributed by atoms with van der Waals surface area (Å²) in [4.78, 5) is 4.59. The normalized spacial score (nSPS) is 12.0. The van der Waals surface area contributed by atoms with E-state index in [9.17, 15) is 8.42 Å². The number of aliphatic imine (C=N–C) groups is 1. The van der Waals surface area contributed by atoms with Crippen LogP contribution in [0.1, 0.15) is 16.7 Å². The first-order valence-corrected chi connectivity index (χ1v) is 12.3. The van der Waals surface area contributed by atoms with Crippen LogP contribution in [-0.4, -0.2) is 46.5 Å². The zero-order valence-corrected chi connectivity index (χ0v) is 18.4. The first-order valence-electron chi connectivity index (χ1n) is 9.25. The Morgan fingerprint density at radius 1 is 0.964 bits per heavy atom. The van der Waals surface area contributed by atoms with Crippen molar-refractivity contribution >= 4 is 27.6 Å². The summed E-state index contributed by atoms with van der Waals surface area (Å²) in [5.41, 5.74) is 3.72. The Kier molecular flexibility index (Phi) is 8.86. The molecule has 0 radical (unpaired) electrons. The number of sulfone groups is 1. The third-order valence-electron chi connectivity index (χ3n) is 4.21. The van der Waals surface area contributed by atoms with E-state index < -0.39 is 9.84 Å². The summed E-state index contributed by atoms with van der Waals surface area (Å²) >= 11 is 1.89. The fourth-order valence-electron chi connectivity index (χ4n) is 2.57. The third-order valence-corrected chi connectivity index (χ3v) is 6.37. The van der Waals surface area contributed by atoms with E-state index in [1.807, 2.05) is 23.9 Å². The minimum absolute atomic E-state index is 0.352. The molecule has 0 fully saturated rings. The van der Waals surface area contributed by atoms with Crippen LogP contribution in [0.25, 0.3) is 0 Å². The molecular weight excluding hydrogens is 390 g/mol. The summed E-state index contributed by atoms with van der Waals surface area (Å²) in [6.07, 6.45) is 2.02. The summed E-state index contributed by atoms with van der Waals surface area (Å²) in [5, 5.41) is 6.61. The molecule has 0 aromatic heterocycles. The highest BCUT2D eigenvalue weighted by molar-refractivity contribution is 7.98. The maximum absolute atomic E-state index is 11.5. The molecule has 0 unspecified atom stereocenters. The van der Waals surface area contributed by atoms with Crippen molar-refractivity contribution < 1.29 is 8.42 Å². The standard InChI is InChI=1S/C21H29N3O2S2/c1-17-4-6-19(7-5-17)16-27-15-14-24-21(22-2)23-13-12-18-8-10-20(11-9-18)28(3,25)26/h4-11H,12-16H2,1-3H3,(H2,22,23,24). The van der Waals surface area contributed by atoms with Gasteiger partial charge in [0, 0.05) is 37.9 Å². The Balaban J connectivity index is 1.64. The summed E-state index contributed by atoms with van der Waals surface area (Å²) in [6, 6.07) is 15.7. The van der Waals surface area contributed by atoms with Gasteiger partial charge in [-0.15, -0.1) is 0 Å². The minimum atomic E-state index is -3.14. The van der Waals surface area contributed by atoms with Crippen LogP contribution in [0, 0.1) is 6.92 Å². The molecule has 152 valence electrons. The second kappa shape index (κ2) is 11.1. The zero-order chi connectivity index (χ0) is 20.4. The number of rotatable bonds is 9. The van der Waals surface area contributed by atoms with E-state index in [4.69, 9.17) is 0 Å². The maximum atomic E-state index is 11.5. The fraction of sp³-hybridized carbons (Fsp3) is 0.381. The van der Waals surface area contributed by atoms with Gasteiger partial charge in [-0.05, 0) is 36.6 Å². The molecule has 5 nitrogen and oxygen atoms in total. The van der Waals surface area contributed by atoms with Gasteiger partial charge in [0.15, 0.2) is 15.8 Å². The fourth-order valence-corrected chi connectivity index (χ4v) is 4.01. The van der Waals surface area contributed by atoms with Gasteiger partial charge in [0.05, 0.1) is 4.90 Å². The van der Waals surface area contributed by atoms with Gasteiger partial charge in [0.25, 0.3) is 0 Å². The minimum Gasteiger partial charge on any atom is -0.356 e. The summed E-state index contributed by atoms with van der Waals surface area (Å²) in [6.45, 7) is 3.68. The number of aryl methyl sites for hydroxylation is 1. The molecule has 0 heterocycles. The van der Waals surface area contributed by atoms with E-state index in [0.717, 1.165) is 42.5 Å². The molecule has 0 bridgehead atoms. The number of benzene rings is 2. The van der Waals surface area contributed by atoms with Gasteiger partial charge in [-0.1, -0.05) is 42.0 Å². The van der Waals surface area contributed by atoms with Crippen molar-refractivity contribution in [2.24, 2.45) is 4.99 Å². The first kappa shape index (κ1) is 22.3. The molecule has 7 heteroatoms. The number of nitrogens with one attached hydrogen (secondary N) is 2. The lowest BCUT2D eigenvalue weighted by Crippen LogP contribution is -2.39. The van der Waals surface area contributed by atoms with Crippen molar-refractivity contribution in [1.82, 2.24) is 10.6 Å². The molecule has 0 aliphatic rings. The monoisotopic (exact) mass is 419 g/mol. The molecule has 0 spiro atoms. The van der Waals surface area contributed by atoms with Crippen molar-refractivity contribution in [2.45, 2.75) is 24.0 Å². The van der Waals surface area contributed by atoms with E-state index in [1.165, 1.54) is 17.4 Å². The molecular formula is C21H29N3O2S2. The van der Waals surface area contributed by atoms with Gasteiger partial charge >= 0.3 is 0 Å². The van der Waals surface area contributed by atoms with Crippen LogP contribution in [-0.2, 0) is 22.0 Å². The molecule has 0 saturated carbocycles. The molecule has 0 aliphatic heterocycles. The summed E-state index contributed by atoms with van der Waals surface area (Å²) in [5.74, 6) is 2.79. The SMILES string of the molecule is CN=C(NCCSCc1ccc(C)cc1)NCCc1ccc(S(C)(=O)=O)cc1. The molecule has 2 aromatic rings. The Labute approximate surface area is 173 Å². The van der Waals surface area contributed by atoms with Crippen molar-refractivity contribution in [2.75, 3.05) is 32.1 Å². The summed E-state index contributed by atoms with van der Waals surface area (Å²) in [7, 11) is -1.38. The van der Waals surface area contributed by atoms with Gasteiger partial charge < -0.3 is 10.6 Å². The lowest BCUT2D eigenvalue weighted by atomic mass is 10.1. The first-order chi connectivity index (χ1) is 13.4. The number of nitrogens with zero attached hydrogens (tertiary/aromatic N) is 1. The van der Waals surface area contributed by atoms with Gasteiger partial charge in [0.1, 0.15) is 0 Å². The molecule has 2 aromatic carbocycles. The number of thioether (sulfide) groups is 1. The van der Waals surface area contributed by atoms with Crippen LogP contribution >= 0.6 is 11.8 Å². The summed E-state index contributed by atoms with van der Waals surface area (Å²) < 4.78 is 23.0. The predicted molar refractivity (Wildman–Crippen MR) is 120 cm³/mol. The maximum Gasteiger partial charge on any atom is 0.191 e. The molecule has 2 rings (SSSR count). The highest BCUT2D eigenvalue weighted by Crippen LogP contribution is 2.12. The highest BCUT2D eigenvalue weighted by atomic mass is 32.2. The van der Waals surface area contributed by atoms with Crippen molar-refractivity contribution in [3.63, 3.8) is 0 Å². The molecule has 0 amide bonds. The Bertz CT molecular complexity index is 862. The van der Waals surface area contributed by atoms with Crippen LogP contribution in [0.3, 0.4) is 0 Å². The number of hydrogen-bond donors (Lipinski definition) is 2.